The van der Waals surface area contributed by atoms with Crippen LogP contribution in [0.5, 0.6) is 0 Å². The third-order valence-electron chi connectivity index (χ3n) is 2.53. The van der Waals surface area contributed by atoms with Gasteiger partial charge >= 0.3 is 5.97 Å². The van der Waals surface area contributed by atoms with E-state index in [0.29, 0.717) is 12.4 Å². The minimum Gasteiger partial charge on any atom is -0.478 e. The molecule has 0 aromatic carbocycles. The summed E-state index contributed by atoms with van der Waals surface area (Å²) in [5, 5.41) is 12.1. The lowest BCUT2D eigenvalue weighted by Gasteiger charge is -2.17. The van der Waals surface area contributed by atoms with E-state index in [4.69, 9.17) is 16.7 Å². The summed E-state index contributed by atoms with van der Waals surface area (Å²) in [4.78, 5) is 21.3. The first-order valence-corrected chi connectivity index (χ1v) is 6.74. The highest BCUT2D eigenvalue weighted by Crippen LogP contribution is 2.21. The van der Waals surface area contributed by atoms with E-state index in [1.807, 2.05) is 24.3 Å². The molecule has 0 aliphatic carbocycles. The van der Waals surface area contributed by atoms with Crippen molar-refractivity contribution in [2.75, 3.05) is 11.9 Å². The van der Waals surface area contributed by atoms with Gasteiger partial charge in [0.15, 0.2) is 0 Å². The van der Waals surface area contributed by atoms with Gasteiger partial charge in [0.05, 0.1) is 27.8 Å². The zero-order valence-electron chi connectivity index (χ0n) is 10.4. The van der Waals surface area contributed by atoms with Gasteiger partial charge in [-0.2, -0.15) is 0 Å². The van der Waals surface area contributed by atoms with Gasteiger partial charge in [-0.1, -0.05) is 11.6 Å². The molecular formula is C12H12ClN3O2S. The quantitative estimate of drug-likeness (QED) is 0.940. The Bertz CT molecular complexity index is 615. The lowest BCUT2D eigenvalue weighted by Crippen LogP contribution is -2.18. The predicted octanol–water partition coefficient (Wildman–Crippen LogP) is 2.83. The van der Waals surface area contributed by atoms with E-state index >= 15 is 0 Å². The Morgan fingerprint density at radius 3 is 2.89 bits per heavy atom. The van der Waals surface area contributed by atoms with Crippen molar-refractivity contribution in [3.63, 3.8) is 0 Å². The number of anilines is 1. The van der Waals surface area contributed by atoms with Crippen LogP contribution in [0, 0.1) is 6.92 Å². The molecule has 0 fully saturated rings. The number of carboxylic acid groups (broad SMARTS) is 1. The molecule has 0 spiro atoms. The van der Waals surface area contributed by atoms with Gasteiger partial charge in [-0.05, 0) is 13.0 Å². The Labute approximate surface area is 119 Å². The standard InChI is InChI=1S/C12H12ClN3O2S/c1-7-15-8(6-19-7)5-16(2)11-3-9(12(17)18)10(13)4-14-11/h3-4,6H,5H2,1-2H3,(H,17,18). The molecule has 100 valence electrons. The Kier molecular flexibility index (Phi) is 4.01. The zero-order chi connectivity index (χ0) is 14.0. The van der Waals surface area contributed by atoms with Gasteiger partial charge in [-0.25, -0.2) is 14.8 Å². The number of aromatic carboxylic acids is 1. The summed E-state index contributed by atoms with van der Waals surface area (Å²) in [5.74, 6) is -0.515. The van der Waals surface area contributed by atoms with Gasteiger partial charge in [0.25, 0.3) is 0 Å². The van der Waals surface area contributed by atoms with E-state index in [2.05, 4.69) is 9.97 Å². The molecule has 7 heteroatoms. The molecule has 5 nitrogen and oxygen atoms in total. The van der Waals surface area contributed by atoms with Crippen molar-refractivity contribution >= 4 is 34.7 Å². The number of carbonyl (C=O) groups is 1. The van der Waals surface area contributed by atoms with E-state index in [1.165, 1.54) is 12.3 Å². The molecule has 2 aromatic heterocycles. The lowest BCUT2D eigenvalue weighted by molar-refractivity contribution is 0.0697. The first-order valence-electron chi connectivity index (χ1n) is 5.48. The van der Waals surface area contributed by atoms with Crippen molar-refractivity contribution < 1.29 is 9.90 Å². The predicted molar refractivity (Wildman–Crippen MR) is 75.2 cm³/mol. The highest BCUT2D eigenvalue weighted by molar-refractivity contribution is 7.09. The average Bonchev–Trinajstić information content (AvgIpc) is 2.74. The highest BCUT2D eigenvalue weighted by atomic mass is 35.5. The molecule has 0 saturated heterocycles. The molecule has 2 aromatic rings. The Balaban J connectivity index is 2.21. The van der Waals surface area contributed by atoms with Crippen LogP contribution in [0.15, 0.2) is 17.6 Å². The SMILES string of the molecule is Cc1nc(CN(C)c2cc(C(=O)O)c(Cl)cn2)cs1. The van der Waals surface area contributed by atoms with E-state index in [1.54, 1.807) is 11.3 Å². The first kappa shape index (κ1) is 13.8. The topological polar surface area (TPSA) is 66.3 Å². The van der Waals surface area contributed by atoms with Crippen LogP contribution < -0.4 is 4.90 Å². The van der Waals surface area contributed by atoms with Gasteiger partial charge in [0.1, 0.15) is 5.82 Å². The number of hydrogen-bond acceptors (Lipinski definition) is 5. The van der Waals surface area contributed by atoms with Crippen molar-refractivity contribution in [1.82, 2.24) is 9.97 Å². The number of aromatic nitrogens is 2. The number of nitrogens with zero attached hydrogens (tertiary/aromatic N) is 3. The maximum Gasteiger partial charge on any atom is 0.337 e. The Morgan fingerprint density at radius 2 is 2.32 bits per heavy atom. The summed E-state index contributed by atoms with van der Waals surface area (Å²) < 4.78 is 0. The van der Waals surface area contributed by atoms with Crippen LogP contribution in [-0.2, 0) is 6.54 Å². The van der Waals surface area contributed by atoms with Gasteiger partial charge in [-0.3, -0.25) is 0 Å². The second kappa shape index (κ2) is 5.54. The minimum atomic E-state index is -1.06. The van der Waals surface area contributed by atoms with Gasteiger partial charge in [-0.15, -0.1) is 11.3 Å². The zero-order valence-corrected chi connectivity index (χ0v) is 12.0. The van der Waals surface area contributed by atoms with Gasteiger partial charge < -0.3 is 10.0 Å². The highest BCUT2D eigenvalue weighted by Gasteiger charge is 2.13. The van der Waals surface area contributed by atoms with Crippen LogP contribution in [0.25, 0.3) is 0 Å². The number of aryl methyl sites for hydroxylation is 1. The van der Waals surface area contributed by atoms with Crippen molar-refractivity contribution in [1.29, 1.82) is 0 Å². The number of rotatable bonds is 4. The number of thiazole rings is 1. The van der Waals surface area contributed by atoms with Gasteiger partial charge in [0, 0.05) is 18.6 Å². The summed E-state index contributed by atoms with van der Waals surface area (Å²) >= 11 is 7.37. The largest absolute Gasteiger partial charge is 0.478 e. The molecule has 2 heterocycles. The molecule has 0 bridgehead atoms. The fourth-order valence-electron chi connectivity index (χ4n) is 1.61. The molecule has 1 N–H and O–H groups in total. The summed E-state index contributed by atoms with van der Waals surface area (Å²) in [6.07, 6.45) is 1.35. The summed E-state index contributed by atoms with van der Waals surface area (Å²) in [5.41, 5.74) is 0.978. The van der Waals surface area contributed by atoms with Crippen LogP contribution in [0.2, 0.25) is 5.02 Å². The Morgan fingerprint density at radius 1 is 1.58 bits per heavy atom. The number of halogens is 1. The molecule has 0 aliphatic rings. The molecule has 0 atom stereocenters. The van der Waals surface area contributed by atoms with Crippen molar-refractivity contribution in [3.05, 3.63) is 38.9 Å². The van der Waals surface area contributed by atoms with E-state index in [9.17, 15) is 4.79 Å². The van der Waals surface area contributed by atoms with Crippen LogP contribution >= 0.6 is 22.9 Å². The molecule has 0 aliphatic heterocycles. The maximum atomic E-state index is 11.0. The molecule has 0 unspecified atom stereocenters. The van der Waals surface area contributed by atoms with Crippen molar-refractivity contribution in [3.8, 4) is 0 Å². The minimum absolute atomic E-state index is 0.0491. The summed E-state index contributed by atoms with van der Waals surface area (Å²) in [7, 11) is 1.83. The Hall–Kier alpha value is -1.66. The van der Waals surface area contributed by atoms with Crippen molar-refractivity contribution in [2.45, 2.75) is 13.5 Å². The normalized spacial score (nSPS) is 10.5. The smallest absolute Gasteiger partial charge is 0.337 e. The second-order valence-corrected chi connectivity index (χ2v) is 5.51. The molecule has 19 heavy (non-hydrogen) atoms. The van der Waals surface area contributed by atoms with E-state index < -0.39 is 5.97 Å². The van der Waals surface area contributed by atoms with Crippen LogP contribution in [0.4, 0.5) is 5.82 Å². The molecule has 0 saturated carbocycles. The third kappa shape index (κ3) is 3.21. The molecule has 0 radical (unpaired) electrons. The number of carboxylic acids is 1. The lowest BCUT2D eigenvalue weighted by atomic mass is 10.2. The number of hydrogen-bond donors (Lipinski definition) is 1. The molecule has 2 rings (SSSR count). The van der Waals surface area contributed by atoms with E-state index in [0.717, 1.165) is 10.7 Å². The third-order valence-corrected chi connectivity index (χ3v) is 3.65. The molecule has 0 amide bonds. The van der Waals surface area contributed by atoms with Crippen LogP contribution in [-0.4, -0.2) is 28.1 Å². The monoisotopic (exact) mass is 297 g/mol. The summed E-state index contributed by atoms with van der Waals surface area (Å²) in [6, 6.07) is 1.46. The number of pyridine rings is 1. The fourth-order valence-corrected chi connectivity index (χ4v) is 2.39. The summed E-state index contributed by atoms with van der Waals surface area (Å²) in [6.45, 7) is 2.51. The van der Waals surface area contributed by atoms with Crippen LogP contribution in [0.3, 0.4) is 0 Å². The van der Waals surface area contributed by atoms with Crippen LogP contribution in [0.1, 0.15) is 21.1 Å². The second-order valence-electron chi connectivity index (χ2n) is 4.04. The maximum absolute atomic E-state index is 11.0. The van der Waals surface area contributed by atoms with E-state index in [-0.39, 0.29) is 10.6 Å². The first-order chi connectivity index (χ1) is 8.97. The van der Waals surface area contributed by atoms with Gasteiger partial charge in [0.2, 0.25) is 0 Å². The fraction of sp³-hybridized carbons (Fsp3) is 0.250. The van der Waals surface area contributed by atoms with Crippen molar-refractivity contribution in [2.24, 2.45) is 0 Å². The average molecular weight is 298 g/mol. The molecular weight excluding hydrogens is 286 g/mol.